The third kappa shape index (κ3) is 4.48. The van der Waals surface area contributed by atoms with Crippen LogP contribution in [0.5, 0.6) is 5.88 Å². The maximum absolute atomic E-state index is 12.8. The lowest BCUT2D eigenvalue weighted by molar-refractivity contribution is -0.137. The number of benzene rings is 1. The molecule has 1 aromatic carbocycles. The lowest BCUT2D eigenvalue weighted by Crippen LogP contribution is -2.38. The van der Waals surface area contributed by atoms with E-state index in [2.05, 4.69) is 15.3 Å². The Balaban J connectivity index is 1.44. The number of ether oxygens (including phenoxy) is 2. The van der Waals surface area contributed by atoms with E-state index in [0.29, 0.717) is 39.8 Å². The zero-order valence-electron chi connectivity index (χ0n) is 15.5. The highest BCUT2D eigenvalue weighted by Crippen LogP contribution is 2.39. The van der Waals surface area contributed by atoms with Gasteiger partial charge in [0.25, 0.3) is 0 Å². The average Bonchev–Trinajstić information content (AvgIpc) is 2.68. The number of aromatic nitrogens is 2. The smallest absolute Gasteiger partial charge is 0.416 e. The number of nitriles is 1. The highest BCUT2D eigenvalue weighted by Gasteiger charge is 2.31. The van der Waals surface area contributed by atoms with E-state index in [9.17, 15) is 18.4 Å². The molecule has 3 heterocycles. The van der Waals surface area contributed by atoms with Crippen molar-refractivity contribution in [2.24, 2.45) is 5.10 Å². The van der Waals surface area contributed by atoms with E-state index in [1.165, 1.54) is 29.6 Å². The molecule has 0 unspecified atom stereocenters. The molecule has 1 fully saturated rings. The van der Waals surface area contributed by atoms with Crippen molar-refractivity contribution in [2.75, 3.05) is 25.3 Å². The van der Waals surface area contributed by atoms with Crippen LogP contribution in [0.1, 0.15) is 16.7 Å². The van der Waals surface area contributed by atoms with Gasteiger partial charge in [0.05, 0.1) is 36.1 Å². The van der Waals surface area contributed by atoms with E-state index >= 15 is 0 Å². The van der Waals surface area contributed by atoms with Gasteiger partial charge in [0.15, 0.2) is 9.40 Å². The number of anilines is 1. The van der Waals surface area contributed by atoms with Gasteiger partial charge in [0.2, 0.25) is 5.88 Å². The number of hydrazone groups is 1. The first-order valence-electron chi connectivity index (χ1n) is 8.69. The summed E-state index contributed by atoms with van der Waals surface area (Å²) in [4.78, 5) is 0. The highest BCUT2D eigenvalue weighted by atomic mass is 32.2. The first-order chi connectivity index (χ1) is 14.3. The summed E-state index contributed by atoms with van der Waals surface area (Å²) in [6, 6.07) is 6.76. The van der Waals surface area contributed by atoms with Crippen molar-refractivity contribution in [3.63, 3.8) is 0 Å². The number of hydrogen-bond acceptors (Lipinski definition) is 9. The minimum atomic E-state index is -4.49. The molecular weight excluding hydrogens is 439 g/mol. The van der Waals surface area contributed by atoms with Gasteiger partial charge in [-0.05, 0) is 29.5 Å². The first-order valence-corrected chi connectivity index (χ1v) is 10.5. The topological polar surface area (TPSA) is 83.6 Å². The van der Waals surface area contributed by atoms with E-state index in [-0.39, 0.29) is 11.7 Å². The van der Waals surface area contributed by atoms with E-state index < -0.39 is 11.7 Å². The Bertz CT molecular complexity index is 1040. The summed E-state index contributed by atoms with van der Waals surface area (Å²) in [5.41, 5.74) is 0.397. The van der Waals surface area contributed by atoms with Crippen LogP contribution in [0.15, 0.2) is 34.4 Å². The van der Waals surface area contributed by atoms with E-state index in [4.69, 9.17) is 9.47 Å². The van der Waals surface area contributed by atoms with Crippen LogP contribution in [0.2, 0.25) is 0 Å². The van der Waals surface area contributed by atoms with Crippen LogP contribution in [0.3, 0.4) is 0 Å². The molecule has 2 aromatic rings. The van der Waals surface area contributed by atoms with Crippen molar-refractivity contribution in [2.45, 2.75) is 23.1 Å². The molecule has 0 aliphatic carbocycles. The van der Waals surface area contributed by atoms with Gasteiger partial charge >= 0.3 is 6.18 Å². The highest BCUT2D eigenvalue weighted by molar-refractivity contribution is 8.38. The van der Waals surface area contributed by atoms with Crippen LogP contribution in [0, 0.1) is 11.3 Å². The van der Waals surface area contributed by atoms with Gasteiger partial charge in [-0.1, -0.05) is 17.8 Å². The molecule has 0 amide bonds. The number of thioether (sulfide) groups is 2. The monoisotopic (exact) mass is 453 g/mol. The molecular formula is C18H14F3N5O2S2. The number of rotatable bonds is 4. The molecule has 2 aliphatic heterocycles. The van der Waals surface area contributed by atoms with Crippen molar-refractivity contribution in [1.82, 2.24) is 10.2 Å². The maximum atomic E-state index is 12.8. The Morgan fingerprint density at radius 3 is 2.80 bits per heavy atom. The summed E-state index contributed by atoms with van der Waals surface area (Å²) >= 11 is 2.61. The van der Waals surface area contributed by atoms with Crippen molar-refractivity contribution in [3.8, 4) is 11.9 Å². The minimum absolute atomic E-state index is 0.00551. The maximum Gasteiger partial charge on any atom is 0.416 e. The van der Waals surface area contributed by atoms with Gasteiger partial charge in [0.1, 0.15) is 6.10 Å². The van der Waals surface area contributed by atoms with Gasteiger partial charge in [-0.25, -0.2) is 0 Å². The molecule has 2 aliphatic rings. The molecule has 0 N–H and O–H groups in total. The lowest BCUT2D eigenvalue weighted by atomic mass is 10.1. The van der Waals surface area contributed by atoms with E-state index in [0.717, 1.165) is 17.8 Å². The Labute approximate surface area is 178 Å². The Morgan fingerprint density at radius 1 is 1.33 bits per heavy atom. The SMILES string of the molecule is CN1N=C(SCc2ccc(C(F)(F)F)cc2C#N)Sc2nnc(OC3COC3)cc21. The van der Waals surface area contributed by atoms with Crippen LogP contribution in [0.25, 0.3) is 0 Å². The minimum Gasteiger partial charge on any atom is -0.468 e. The van der Waals surface area contributed by atoms with Crippen LogP contribution in [-0.2, 0) is 16.7 Å². The van der Waals surface area contributed by atoms with Gasteiger partial charge in [-0.2, -0.15) is 23.5 Å². The van der Waals surface area contributed by atoms with Gasteiger partial charge in [0, 0.05) is 18.9 Å². The Hall–Kier alpha value is -2.49. The summed E-state index contributed by atoms with van der Waals surface area (Å²) in [5, 5.41) is 24.2. The largest absolute Gasteiger partial charge is 0.468 e. The van der Waals surface area contributed by atoms with E-state index in [1.807, 2.05) is 6.07 Å². The molecule has 30 heavy (non-hydrogen) atoms. The first kappa shape index (κ1) is 20.8. The molecule has 0 spiro atoms. The summed E-state index contributed by atoms with van der Waals surface area (Å²) in [6.45, 7) is 1.05. The molecule has 156 valence electrons. The van der Waals surface area contributed by atoms with Crippen LogP contribution < -0.4 is 9.75 Å². The average molecular weight is 453 g/mol. The predicted octanol–water partition coefficient (Wildman–Crippen LogP) is 3.89. The fraction of sp³-hybridized carbons (Fsp3) is 0.333. The molecule has 4 rings (SSSR count). The zero-order valence-corrected chi connectivity index (χ0v) is 17.1. The second-order valence-corrected chi connectivity index (χ2v) is 8.61. The Morgan fingerprint density at radius 2 is 2.13 bits per heavy atom. The van der Waals surface area contributed by atoms with Crippen molar-refractivity contribution in [1.29, 1.82) is 5.26 Å². The van der Waals surface area contributed by atoms with Crippen molar-refractivity contribution < 1.29 is 22.6 Å². The number of fused-ring (bicyclic) bond motifs is 1. The van der Waals surface area contributed by atoms with E-state index in [1.54, 1.807) is 18.1 Å². The molecule has 1 saturated heterocycles. The second-order valence-electron chi connectivity index (χ2n) is 6.41. The van der Waals surface area contributed by atoms with Gasteiger partial charge < -0.3 is 9.47 Å². The molecule has 7 nitrogen and oxygen atoms in total. The molecule has 1 aromatic heterocycles. The third-order valence-electron chi connectivity index (χ3n) is 4.29. The number of halogens is 3. The predicted molar refractivity (Wildman–Crippen MR) is 106 cm³/mol. The fourth-order valence-corrected chi connectivity index (χ4v) is 4.69. The standard InChI is InChI=1S/C18H14F3N5O2S2/c1-26-14-5-15(28-13-7-27-8-13)23-24-16(14)30-17(25-26)29-9-10-2-3-12(18(19,20)21)4-11(10)6-22/h2-5,13H,7-9H2,1H3. The summed E-state index contributed by atoms with van der Waals surface area (Å²) in [7, 11) is 1.76. The summed E-state index contributed by atoms with van der Waals surface area (Å²) < 4.78 is 49.9. The number of alkyl halides is 3. The van der Waals surface area contributed by atoms with Crippen LogP contribution >= 0.6 is 23.5 Å². The fourth-order valence-electron chi connectivity index (χ4n) is 2.63. The number of hydrogen-bond donors (Lipinski definition) is 0. The second kappa shape index (κ2) is 8.33. The molecule has 12 heteroatoms. The van der Waals surface area contributed by atoms with Crippen molar-refractivity contribution >= 4 is 33.6 Å². The summed E-state index contributed by atoms with van der Waals surface area (Å²) in [6.07, 6.45) is -4.51. The number of nitrogens with zero attached hydrogens (tertiary/aromatic N) is 5. The van der Waals surface area contributed by atoms with Crippen LogP contribution in [0.4, 0.5) is 18.9 Å². The molecule has 0 saturated carbocycles. The van der Waals surface area contributed by atoms with Gasteiger partial charge in [-0.15, -0.1) is 10.2 Å². The van der Waals surface area contributed by atoms with Crippen LogP contribution in [-0.4, -0.2) is 40.9 Å². The lowest BCUT2D eigenvalue weighted by Gasteiger charge is -2.27. The van der Waals surface area contributed by atoms with Crippen molar-refractivity contribution in [3.05, 3.63) is 41.0 Å². The van der Waals surface area contributed by atoms with Gasteiger partial charge in [-0.3, -0.25) is 5.01 Å². The zero-order chi connectivity index (χ0) is 21.3. The molecule has 0 bridgehead atoms. The normalized spacial score (nSPS) is 16.4. The summed E-state index contributed by atoms with van der Waals surface area (Å²) in [5.74, 6) is 0.691. The quantitative estimate of drug-likeness (QED) is 0.690. The molecule has 0 radical (unpaired) electrons. The Kier molecular flexibility index (Phi) is 5.77. The molecule has 0 atom stereocenters. The third-order valence-corrected chi connectivity index (χ3v) is 6.41.